The van der Waals surface area contributed by atoms with Crippen LogP contribution in [-0.2, 0) is 4.79 Å². The number of Topliss-reactive ketones (excluding diaryl/α,β-unsaturated/α-hetero) is 1. The Morgan fingerprint density at radius 3 is 2.72 bits per heavy atom. The number of aliphatic hydroxyl groups excluding tert-OH is 1. The number of allylic oxidation sites excluding steroid dienone is 2. The molecule has 0 radical (unpaired) electrons. The second-order valence-electron chi connectivity index (χ2n) is 9.77. The number of aliphatic hydroxyl groups is 1. The van der Waals surface area contributed by atoms with Crippen LogP contribution >= 0.6 is 0 Å². The standard InChI is InChI=1S/C22H31NO2/c1-13(12-23)17-6-7-18-16-5-4-14-10-15(24)8-9-21(14,2)20(16)19(25)11-22(17,18)3/h14-16,18,20,24H,4-11H2,1-3H3/t14-,15+,16-,18-,20+,21-,22+/m0/s1. The molecular formula is C22H31NO2. The second-order valence-corrected chi connectivity index (χ2v) is 9.77. The lowest BCUT2D eigenvalue weighted by molar-refractivity contribution is -0.157. The molecule has 0 heterocycles. The molecule has 0 amide bonds. The number of ketones is 1. The lowest BCUT2D eigenvalue weighted by Crippen LogP contribution is -2.57. The minimum Gasteiger partial charge on any atom is -0.393 e. The van der Waals surface area contributed by atoms with Gasteiger partial charge in [0.2, 0.25) is 0 Å². The van der Waals surface area contributed by atoms with Crippen molar-refractivity contribution in [2.24, 2.45) is 34.5 Å². The summed E-state index contributed by atoms with van der Waals surface area (Å²) in [4.78, 5) is 13.4. The van der Waals surface area contributed by atoms with Crippen molar-refractivity contribution in [3.8, 4) is 6.07 Å². The Morgan fingerprint density at radius 1 is 1.24 bits per heavy atom. The van der Waals surface area contributed by atoms with E-state index >= 15 is 0 Å². The molecule has 136 valence electrons. The highest BCUT2D eigenvalue weighted by molar-refractivity contribution is 5.85. The highest BCUT2D eigenvalue weighted by Gasteiger charge is 2.62. The van der Waals surface area contributed by atoms with E-state index in [2.05, 4.69) is 19.9 Å². The molecule has 0 aromatic carbocycles. The molecular weight excluding hydrogens is 310 g/mol. The smallest absolute Gasteiger partial charge is 0.137 e. The molecule has 0 spiro atoms. The quantitative estimate of drug-likeness (QED) is 0.664. The van der Waals surface area contributed by atoms with Crippen LogP contribution < -0.4 is 0 Å². The first-order valence-corrected chi connectivity index (χ1v) is 10.1. The van der Waals surface area contributed by atoms with Gasteiger partial charge in [0.15, 0.2) is 0 Å². The number of nitrogens with zero attached hydrogens (tertiary/aromatic N) is 1. The third kappa shape index (κ3) is 2.29. The van der Waals surface area contributed by atoms with E-state index in [9.17, 15) is 15.2 Å². The molecule has 25 heavy (non-hydrogen) atoms. The number of nitriles is 1. The van der Waals surface area contributed by atoms with E-state index in [4.69, 9.17) is 0 Å². The van der Waals surface area contributed by atoms with E-state index in [1.54, 1.807) is 0 Å². The first-order chi connectivity index (χ1) is 11.8. The lowest BCUT2D eigenvalue weighted by Gasteiger charge is -2.59. The second kappa shape index (κ2) is 5.68. The first-order valence-electron chi connectivity index (χ1n) is 10.1. The van der Waals surface area contributed by atoms with Gasteiger partial charge in [-0.25, -0.2) is 0 Å². The van der Waals surface area contributed by atoms with Crippen LogP contribution in [0.1, 0.15) is 72.1 Å². The Hall–Kier alpha value is -1.14. The summed E-state index contributed by atoms with van der Waals surface area (Å²) in [6.45, 7) is 6.53. The van der Waals surface area contributed by atoms with Gasteiger partial charge in [-0.05, 0) is 80.5 Å². The maximum atomic E-state index is 13.4. The maximum absolute atomic E-state index is 13.4. The predicted molar refractivity (Wildman–Crippen MR) is 96.4 cm³/mol. The summed E-state index contributed by atoms with van der Waals surface area (Å²) < 4.78 is 0. The van der Waals surface area contributed by atoms with Gasteiger partial charge in [0.05, 0.1) is 12.2 Å². The number of carbonyl (C=O) groups is 1. The molecule has 4 aliphatic carbocycles. The molecule has 7 atom stereocenters. The van der Waals surface area contributed by atoms with Crippen molar-refractivity contribution >= 4 is 5.78 Å². The van der Waals surface area contributed by atoms with Gasteiger partial charge in [0.25, 0.3) is 0 Å². The number of hydrogen-bond acceptors (Lipinski definition) is 3. The van der Waals surface area contributed by atoms with E-state index in [0.717, 1.165) is 50.5 Å². The molecule has 4 aliphatic rings. The summed E-state index contributed by atoms with van der Waals surface area (Å²) in [6.07, 6.45) is 7.61. The number of fused-ring (bicyclic) bond motifs is 5. The van der Waals surface area contributed by atoms with Crippen molar-refractivity contribution < 1.29 is 9.90 Å². The zero-order valence-corrected chi connectivity index (χ0v) is 15.8. The highest BCUT2D eigenvalue weighted by Crippen LogP contribution is 2.66. The van der Waals surface area contributed by atoms with Gasteiger partial charge < -0.3 is 5.11 Å². The number of rotatable bonds is 0. The molecule has 4 saturated carbocycles. The zero-order valence-electron chi connectivity index (χ0n) is 15.8. The van der Waals surface area contributed by atoms with Gasteiger partial charge >= 0.3 is 0 Å². The van der Waals surface area contributed by atoms with Crippen LogP contribution in [0.5, 0.6) is 0 Å². The first kappa shape index (κ1) is 17.3. The summed E-state index contributed by atoms with van der Waals surface area (Å²) >= 11 is 0. The van der Waals surface area contributed by atoms with E-state index in [0.29, 0.717) is 30.0 Å². The van der Waals surface area contributed by atoms with Crippen LogP contribution in [0.2, 0.25) is 0 Å². The summed E-state index contributed by atoms with van der Waals surface area (Å²) in [5.74, 6) is 2.16. The van der Waals surface area contributed by atoms with Gasteiger partial charge in [-0.15, -0.1) is 0 Å². The summed E-state index contributed by atoms with van der Waals surface area (Å²) in [5.41, 5.74) is 2.10. The average Bonchev–Trinajstić information content (AvgIpc) is 2.91. The molecule has 0 unspecified atom stereocenters. The Morgan fingerprint density at radius 2 is 2.00 bits per heavy atom. The van der Waals surface area contributed by atoms with Crippen molar-refractivity contribution in [2.75, 3.05) is 0 Å². The third-order valence-electron chi connectivity index (χ3n) is 8.73. The normalized spacial score (nSPS) is 51.2. The van der Waals surface area contributed by atoms with Crippen LogP contribution in [0.3, 0.4) is 0 Å². The summed E-state index contributed by atoms with van der Waals surface area (Å²) in [5, 5.41) is 19.5. The SMILES string of the molecule is CC(C#N)=C1CC[C@H]2[C@@H]3CC[C@H]4C[C@H](O)CC[C@]4(C)[C@H]3C(=O)C[C@]12C. The Kier molecular flexibility index (Phi) is 3.93. The molecule has 0 aromatic heterocycles. The Labute approximate surface area is 151 Å². The molecule has 1 N–H and O–H groups in total. The molecule has 0 aliphatic heterocycles. The lowest BCUT2D eigenvalue weighted by atomic mass is 9.44. The molecule has 4 rings (SSSR count). The van der Waals surface area contributed by atoms with Gasteiger partial charge in [-0.3, -0.25) is 4.79 Å². The van der Waals surface area contributed by atoms with Crippen LogP contribution in [0.25, 0.3) is 0 Å². The van der Waals surface area contributed by atoms with Crippen LogP contribution in [0, 0.1) is 45.8 Å². The average molecular weight is 341 g/mol. The minimum absolute atomic E-state index is 0.0807. The van der Waals surface area contributed by atoms with Crippen molar-refractivity contribution in [2.45, 2.75) is 78.2 Å². The largest absolute Gasteiger partial charge is 0.393 e. The van der Waals surface area contributed by atoms with Crippen LogP contribution in [0.4, 0.5) is 0 Å². The molecule has 0 saturated heterocycles. The zero-order chi connectivity index (χ0) is 18.0. The van der Waals surface area contributed by atoms with Crippen molar-refractivity contribution in [1.29, 1.82) is 5.26 Å². The number of hydrogen-bond donors (Lipinski definition) is 1. The van der Waals surface area contributed by atoms with Gasteiger partial charge in [-0.2, -0.15) is 5.26 Å². The Balaban J connectivity index is 1.72. The monoisotopic (exact) mass is 341 g/mol. The van der Waals surface area contributed by atoms with Gasteiger partial charge in [0, 0.05) is 17.9 Å². The summed E-state index contributed by atoms with van der Waals surface area (Å²) in [7, 11) is 0. The maximum Gasteiger partial charge on any atom is 0.137 e. The van der Waals surface area contributed by atoms with E-state index in [1.807, 2.05) is 6.92 Å². The fourth-order valence-corrected chi connectivity index (χ4v) is 7.55. The predicted octanol–water partition coefficient (Wildman–Crippen LogP) is 4.41. The van der Waals surface area contributed by atoms with E-state index in [1.165, 1.54) is 5.57 Å². The Bertz CT molecular complexity index is 674. The van der Waals surface area contributed by atoms with E-state index in [-0.39, 0.29) is 22.9 Å². The molecule has 3 heteroatoms. The topological polar surface area (TPSA) is 61.1 Å². The van der Waals surface area contributed by atoms with Crippen molar-refractivity contribution in [1.82, 2.24) is 0 Å². The van der Waals surface area contributed by atoms with Crippen molar-refractivity contribution in [3.05, 3.63) is 11.1 Å². The fraction of sp³-hybridized carbons (Fsp3) is 0.818. The van der Waals surface area contributed by atoms with Gasteiger partial charge in [0.1, 0.15) is 5.78 Å². The van der Waals surface area contributed by atoms with Gasteiger partial charge in [-0.1, -0.05) is 19.4 Å². The molecule has 0 aromatic rings. The van der Waals surface area contributed by atoms with Crippen LogP contribution in [-0.4, -0.2) is 17.0 Å². The van der Waals surface area contributed by atoms with Crippen molar-refractivity contribution in [3.63, 3.8) is 0 Å². The molecule has 0 bridgehead atoms. The molecule has 3 nitrogen and oxygen atoms in total. The summed E-state index contributed by atoms with van der Waals surface area (Å²) in [6, 6.07) is 2.35. The number of carbonyl (C=O) groups excluding carboxylic acids is 1. The third-order valence-corrected chi connectivity index (χ3v) is 8.73. The van der Waals surface area contributed by atoms with E-state index < -0.39 is 0 Å². The molecule has 4 fully saturated rings. The minimum atomic E-state index is -0.169. The highest BCUT2D eigenvalue weighted by atomic mass is 16.3. The van der Waals surface area contributed by atoms with Crippen LogP contribution in [0.15, 0.2) is 11.1 Å². The fourth-order valence-electron chi connectivity index (χ4n) is 7.55.